The molecule has 1 aromatic heterocycles. The molecule has 0 aliphatic heterocycles. The lowest BCUT2D eigenvalue weighted by Crippen LogP contribution is -2.06. The molecule has 0 radical (unpaired) electrons. The smallest absolute Gasteiger partial charge is 0.0662 e. The van der Waals surface area contributed by atoms with E-state index in [2.05, 4.69) is 10.5 Å². The molecule has 0 amide bonds. The lowest BCUT2D eigenvalue weighted by molar-refractivity contribution is 0.161. The van der Waals surface area contributed by atoms with E-state index in [0.717, 1.165) is 16.5 Å². The van der Waals surface area contributed by atoms with E-state index in [4.69, 9.17) is 16.8 Å². The molecule has 1 aromatic carbocycles. The molecule has 2 aromatic rings. The zero-order valence-corrected chi connectivity index (χ0v) is 7.60. The summed E-state index contributed by atoms with van der Waals surface area (Å²) in [5.41, 5.74) is 4.08. The molecule has 3 nitrogen and oxygen atoms in total. The van der Waals surface area contributed by atoms with E-state index in [1.165, 1.54) is 0 Å². The summed E-state index contributed by atoms with van der Waals surface area (Å²) in [5.74, 6) is 0. The van der Waals surface area contributed by atoms with Gasteiger partial charge in [-0.25, -0.2) is 5.48 Å². The zero-order chi connectivity index (χ0) is 9.26. The van der Waals surface area contributed by atoms with Crippen LogP contribution < -0.4 is 5.48 Å². The molecule has 13 heavy (non-hydrogen) atoms. The van der Waals surface area contributed by atoms with Gasteiger partial charge in [0.1, 0.15) is 0 Å². The van der Waals surface area contributed by atoms with E-state index >= 15 is 0 Å². The highest BCUT2D eigenvalue weighted by atomic mass is 35.5. The van der Waals surface area contributed by atoms with E-state index in [1.54, 1.807) is 6.20 Å². The van der Waals surface area contributed by atoms with Crippen LogP contribution in [0.3, 0.4) is 0 Å². The fourth-order valence-corrected chi connectivity index (χ4v) is 1.73. The predicted octanol–water partition coefficient (Wildman–Crippen LogP) is 2.30. The largest absolute Gasteiger partial charge is 0.360 e. The Balaban J connectivity index is 2.65. The van der Waals surface area contributed by atoms with Crippen LogP contribution in [0.4, 0.5) is 0 Å². The summed E-state index contributed by atoms with van der Waals surface area (Å²) in [7, 11) is 0. The number of fused-ring (bicyclic) bond motifs is 1. The second-order valence-corrected chi connectivity index (χ2v) is 3.22. The standard InChI is InChI=1S/C9H9ClN2O/c10-7-5-11-8-3-1-2-6(4-12-13)9(7)8/h1-3,5,11-13H,4H2. The Morgan fingerprint density at radius 3 is 3.08 bits per heavy atom. The molecule has 1 heterocycles. The van der Waals surface area contributed by atoms with E-state index < -0.39 is 0 Å². The van der Waals surface area contributed by atoms with Gasteiger partial charge in [0.05, 0.1) is 5.02 Å². The van der Waals surface area contributed by atoms with Crippen molar-refractivity contribution in [3.05, 3.63) is 35.0 Å². The number of nitrogens with one attached hydrogen (secondary N) is 2. The summed E-state index contributed by atoms with van der Waals surface area (Å²) < 4.78 is 0. The number of rotatable bonds is 2. The van der Waals surface area contributed by atoms with Crippen LogP contribution in [0.15, 0.2) is 24.4 Å². The van der Waals surface area contributed by atoms with Crippen molar-refractivity contribution in [1.29, 1.82) is 0 Å². The molecular weight excluding hydrogens is 188 g/mol. The van der Waals surface area contributed by atoms with Crippen molar-refractivity contribution in [2.45, 2.75) is 6.54 Å². The van der Waals surface area contributed by atoms with Gasteiger partial charge in [-0.3, -0.25) is 0 Å². The molecule has 0 fully saturated rings. The van der Waals surface area contributed by atoms with Gasteiger partial charge in [-0.1, -0.05) is 23.7 Å². The Morgan fingerprint density at radius 2 is 2.31 bits per heavy atom. The first kappa shape index (κ1) is 8.56. The summed E-state index contributed by atoms with van der Waals surface area (Å²) in [6.45, 7) is 0.398. The van der Waals surface area contributed by atoms with E-state index in [1.807, 2.05) is 18.2 Å². The molecule has 0 atom stereocenters. The Hall–Kier alpha value is -1.03. The van der Waals surface area contributed by atoms with Gasteiger partial charge in [-0.15, -0.1) is 0 Å². The summed E-state index contributed by atoms with van der Waals surface area (Å²) in [4.78, 5) is 3.05. The minimum absolute atomic E-state index is 0.398. The molecule has 0 spiro atoms. The highest BCUT2D eigenvalue weighted by molar-refractivity contribution is 6.35. The van der Waals surface area contributed by atoms with E-state index in [-0.39, 0.29) is 0 Å². The molecule has 0 aliphatic carbocycles. The molecule has 0 aliphatic rings. The van der Waals surface area contributed by atoms with Crippen molar-refractivity contribution in [1.82, 2.24) is 10.5 Å². The molecule has 0 saturated heterocycles. The number of H-pyrrole nitrogens is 1. The van der Waals surface area contributed by atoms with Crippen molar-refractivity contribution in [2.24, 2.45) is 0 Å². The average Bonchev–Trinajstić information content (AvgIpc) is 2.50. The third-order valence-electron chi connectivity index (χ3n) is 2.01. The molecule has 0 bridgehead atoms. The third-order valence-corrected chi connectivity index (χ3v) is 2.31. The number of hydroxylamine groups is 1. The number of halogens is 1. The van der Waals surface area contributed by atoms with Crippen LogP contribution >= 0.6 is 11.6 Å². The molecule has 0 saturated carbocycles. The summed E-state index contributed by atoms with van der Waals surface area (Å²) in [6, 6.07) is 5.79. The van der Waals surface area contributed by atoms with Gasteiger partial charge >= 0.3 is 0 Å². The van der Waals surface area contributed by atoms with Crippen molar-refractivity contribution >= 4 is 22.5 Å². The normalized spacial score (nSPS) is 10.9. The van der Waals surface area contributed by atoms with Crippen LogP contribution in [0.5, 0.6) is 0 Å². The molecule has 4 heteroatoms. The highest BCUT2D eigenvalue weighted by Crippen LogP contribution is 2.26. The van der Waals surface area contributed by atoms with Crippen LogP contribution in [0.25, 0.3) is 10.9 Å². The van der Waals surface area contributed by atoms with Gasteiger partial charge in [0, 0.05) is 23.6 Å². The maximum Gasteiger partial charge on any atom is 0.0662 e. The average molecular weight is 197 g/mol. The second kappa shape index (κ2) is 3.38. The lowest BCUT2D eigenvalue weighted by atomic mass is 10.1. The van der Waals surface area contributed by atoms with Gasteiger partial charge in [-0.2, -0.15) is 0 Å². The summed E-state index contributed by atoms with van der Waals surface area (Å²) in [6.07, 6.45) is 1.74. The Labute approximate surface area is 80.3 Å². The predicted molar refractivity (Wildman–Crippen MR) is 51.9 cm³/mol. The topological polar surface area (TPSA) is 48.0 Å². The fraction of sp³-hybridized carbons (Fsp3) is 0.111. The van der Waals surface area contributed by atoms with Crippen LogP contribution in [-0.2, 0) is 6.54 Å². The first-order chi connectivity index (χ1) is 6.33. The van der Waals surface area contributed by atoms with E-state index in [9.17, 15) is 0 Å². The van der Waals surface area contributed by atoms with E-state index in [0.29, 0.717) is 11.6 Å². The summed E-state index contributed by atoms with van der Waals surface area (Å²) in [5, 5.41) is 10.2. The summed E-state index contributed by atoms with van der Waals surface area (Å²) >= 11 is 5.97. The van der Waals surface area contributed by atoms with Gasteiger partial charge in [-0.05, 0) is 11.6 Å². The Morgan fingerprint density at radius 1 is 1.46 bits per heavy atom. The van der Waals surface area contributed by atoms with Crippen LogP contribution in [0, 0.1) is 0 Å². The minimum Gasteiger partial charge on any atom is -0.360 e. The number of hydrogen-bond acceptors (Lipinski definition) is 2. The van der Waals surface area contributed by atoms with Gasteiger partial charge < -0.3 is 10.2 Å². The van der Waals surface area contributed by atoms with Gasteiger partial charge in [0.25, 0.3) is 0 Å². The molecular formula is C9H9ClN2O. The monoisotopic (exact) mass is 196 g/mol. The number of aromatic nitrogens is 1. The Kier molecular flexibility index (Phi) is 2.22. The number of benzene rings is 1. The van der Waals surface area contributed by atoms with Gasteiger partial charge in [0.15, 0.2) is 0 Å². The highest BCUT2D eigenvalue weighted by Gasteiger charge is 2.05. The number of aromatic amines is 1. The molecule has 0 unspecified atom stereocenters. The van der Waals surface area contributed by atoms with Crippen molar-refractivity contribution in [3.8, 4) is 0 Å². The lowest BCUT2D eigenvalue weighted by Gasteiger charge is -2.01. The van der Waals surface area contributed by atoms with Crippen LogP contribution in [0.1, 0.15) is 5.56 Å². The fourth-order valence-electron chi connectivity index (χ4n) is 1.45. The molecule has 3 N–H and O–H groups in total. The third kappa shape index (κ3) is 1.42. The Bertz CT molecular complexity index is 424. The first-order valence-electron chi connectivity index (χ1n) is 3.94. The van der Waals surface area contributed by atoms with Crippen molar-refractivity contribution < 1.29 is 5.21 Å². The van der Waals surface area contributed by atoms with Crippen molar-refractivity contribution in [2.75, 3.05) is 0 Å². The maximum atomic E-state index is 8.60. The zero-order valence-electron chi connectivity index (χ0n) is 6.84. The number of hydrogen-bond donors (Lipinski definition) is 3. The second-order valence-electron chi connectivity index (χ2n) is 2.81. The molecule has 2 rings (SSSR count). The molecule has 68 valence electrons. The van der Waals surface area contributed by atoms with Crippen LogP contribution in [0.2, 0.25) is 5.02 Å². The SMILES string of the molecule is ONCc1cccc2[nH]cc(Cl)c12. The maximum absolute atomic E-state index is 8.60. The first-order valence-corrected chi connectivity index (χ1v) is 4.32. The minimum atomic E-state index is 0.398. The van der Waals surface area contributed by atoms with Crippen LogP contribution in [-0.4, -0.2) is 10.2 Å². The van der Waals surface area contributed by atoms with Crippen molar-refractivity contribution in [3.63, 3.8) is 0 Å². The quantitative estimate of drug-likeness (QED) is 0.646. The van der Waals surface area contributed by atoms with Gasteiger partial charge in [0.2, 0.25) is 0 Å².